The second-order valence-electron chi connectivity index (χ2n) is 5.84. The molecule has 0 saturated carbocycles. The minimum atomic E-state index is -3.52. The number of rotatable bonds is 4. The van der Waals surface area contributed by atoms with E-state index < -0.39 is 20.5 Å². The van der Waals surface area contributed by atoms with Crippen LogP contribution in [0.2, 0.25) is 0 Å². The molecule has 0 radical (unpaired) electrons. The molecule has 1 aliphatic rings. The second-order valence-corrected chi connectivity index (χ2v) is 8.77. The Bertz CT molecular complexity index is 817. The van der Waals surface area contributed by atoms with Gasteiger partial charge in [0.1, 0.15) is 5.69 Å². The van der Waals surface area contributed by atoms with Crippen molar-refractivity contribution in [3.05, 3.63) is 29.6 Å². The third-order valence-electron chi connectivity index (χ3n) is 4.33. The van der Waals surface area contributed by atoms with Crippen LogP contribution in [0.1, 0.15) is 12.8 Å². The van der Waals surface area contributed by atoms with Gasteiger partial charge in [0.05, 0.1) is 0 Å². The van der Waals surface area contributed by atoms with Gasteiger partial charge in [-0.05, 0) is 49.6 Å². The van der Waals surface area contributed by atoms with E-state index in [-0.39, 0.29) is 25.2 Å². The number of carbonyl (C=O) groups excluding carboxylic acids is 1. The highest BCUT2D eigenvalue weighted by Crippen LogP contribution is 2.30. The maximum Gasteiger partial charge on any atom is 0.245 e. The van der Waals surface area contributed by atoms with Crippen molar-refractivity contribution in [2.24, 2.45) is 0 Å². The fourth-order valence-corrected chi connectivity index (χ4v) is 4.66. The van der Waals surface area contributed by atoms with E-state index in [0.717, 1.165) is 17.5 Å². The number of sulfone groups is 1. The van der Waals surface area contributed by atoms with Crippen molar-refractivity contribution in [3.63, 3.8) is 0 Å². The first-order valence-electron chi connectivity index (χ1n) is 7.52. The number of nitrogens with zero attached hydrogens (tertiary/aromatic N) is 2. The molecule has 0 unspecified atom stereocenters. The molecule has 3 rings (SSSR count). The summed E-state index contributed by atoms with van der Waals surface area (Å²) < 4.78 is 26.9. The van der Waals surface area contributed by atoms with Gasteiger partial charge < -0.3 is 10.6 Å². The van der Waals surface area contributed by atoms with E-state index in [4.69, 9.17) is 0 Å². The molecular weight excluding hydrogens is 384 g/mol. The Labute approximate surface area is 156 Å². The monoisotopic (exact) mass is 402 g/mol. The Morgan fingerprint density at radius 3 is 2.40 bits per heavy atom. The number of aromatic nitrogens is 2. The summed E-state index contributed by atoms with van der Waals surface area (Å²) in [6.07, 6.45) is 1.69. The summed E-state index contributed by atoms with van der Waals surface area (Å²) >= 11 is 1.27. The van der Waals surface area contributed by atoms with Gasteiger partial charge in [0.25, 0.3) is 0 Å². The van der Waals surface area contributed by atoms with Crippen molar-refractivity contribution in [1.29, 1.82) is 0 Å². The van der Waals surface area contributed by atoms with E-state index in [1.807, 2.05) is 17.5 Å². The van der Waals surface area contributed by atoms with Gasteiger partial charge in [-0.25, -0.2) is 8.42 Å². The Kier molecular flexibility index (Phi) is 6.15. The van der Waals surface area contributed by atoms with Crippen molar-refractivity contribution in [3.8, 4) is 11.3 Å². The number of piperidine rings is 1. The van der Waals surface area contributed by atoms with E-state index in [1.54, 1.807) is 12.1 Å². The lowest BCUT2D eigenvalue weighted by Gasteiger charge is -2.34. The lowest BCUT2D eigenvalue weighted by Crippen LogP contribution is -2.55. The summed E-state index contributed by atoms with van der Waals surface area (Å²) in [7, 11) is -3.52. The fraction of sp³-hybridized carbons (Fsp3) is 0.400. The van der Waals surface area contributed by atoms with Crippen LogP contribution in [0.5, 0.6) is 0 Å². The lowest BCUT2D eigenvalue weighted by atomic mass is 9.95. The molecule has 0 atom stereocenters. The summed E-state index contributed by atoms with van der Waals surface area (Å²) in [5.41, 5.74) is 2.22. The van der Waals surface area contributed by atoms with Crippen LogP contribution in [0.15, 0.2) is 29.6 Å². The smallest absolute Gasteiger partial charge is 0.245 e. The van der Waals surface area contributed by atoms with E-state index in [0.29, 0.717) is 18.8 Å². The number of nitrogens with one attached hydrogen (secondary N) is 2. The third kappa shape index (κ3) is 4.00. The number of amides is 1. The zero-order chi connectivity index (χ0) is 17.2. The predicted octanol–water partition coefficient (Wildman–Crippen LogP) is 1.73. The highest BCUT2D eigenvalue weighted by Gasteiger charge is 2.48. The average Bonchev–Trinajstić information content (AvgIpc) is 3.09. The minimum Gasteiger partial charge on any atom is -0.325 e. The average molecular weight is 403 g/mol. The molecule has 2 N–H and O–H groups in total. The molecule has 2 aromatic rings. The third-order valence-corrected chi connectivity index (χ3v) is 6.85. The zero-order valence-corrected chi connectivity index (χ0v) is 16.0. The van der Waals surface area contributed by atoms with E-state index in [9.17, 15) is 13.2 Å². The van der Waals surface area contributed by atoms with Crippen LogP contribution in [0.25, 0.3) is 11.3 Å². The van der Waals surface area contributed by atoms with Gasteiger partial charge in [0.2, 0.25) is 5.91 Å². The topological polar surface area (TPSA) is 101 Å². The standard InChI is InChI=1S/C15H18N4O3S2.ClH/c1-24(21,22)15(6-8-16-9-7-15)14(20)17-12-4-2-11(3-5-12)13-10-23-19-18-13;/h2-5,10,16H,6-9H2,1H3,(H,17,20);1H. The van der Waals surface area contributed by atoms with Gasteiger partial charge in [-0.2, -0.15) is 0 Å². The van der Waals surface area contributed by atoms with Gasteiger partial charge in [0, 0.05) is 22.9 Å². The molecule has 136 valence electrons. The van der Waals surface area contributed by atoms with Gasteiger partial charge in [-0.15, -0.1) is 17.5 Å². The van der Waals surface area contributed by atoms with Gasteiger partial charge >= 0.3 is 0 Å². The molecule has 0 aliphatic carbocycles. The van der Waals surface area contributed by atoms with Crippen molar-refractivity contribution < 1.29 is 13.2 Å². The Morgan fingerprint density at radius 1 is 1.24 bits per heavy atom. The van der Waals surface area contributed by atoms with Crippen molar-refractivity contribution in [1.82, 2.24) is 14.9 Å². The summed E-state index contributed by atoms with van der Waals surface area (Å²) in [6, 6.07) is 7.12. The summed E-state index contributed by atoms with van der Waals surface area (Å²) in [5, 5.41) is 11.7. The molecule has 1 fully saturated rings. The number of benzene rings is 1. The zero-order valence-electron chi connectivity index (χ0n) is 13.6. The van der Waals surface area contributed by atoms with Gasteiger partial charge in [-0.3, -0.25) is 4.79 Å². The summed E-state index contributed by atoms with van der Waals surface area (Å²) in [4.78, 5) is 12.7. The molecule has 0 spiro atoms. The Balaban J connectivity index is 0.00000225. The van der Waals surface area contributed by atoms with Crippen LogP contribution in [-0.4, -0.2) is 48.0 Å². The molecule has 7 nitrogen and oxygen atoms in total. The highest BCUT2D eigenvalue weighted by molar-refractivity contribution is 7.92. The number of halogens is 1. The van der Waals surface area contributed by atoms with Crippen LogP contribution in [0.4, 0.5) is 5.69 Å². The lowest BCUT2D eigenvalue weighted by molar-refractivity contribution is -0.119. The molecule has 1 aromatic carbocycles. The number of hydrogen-bond acceptors (Lipinski definition) is 7. The van der Waals surface area contributed by atoms with E-state index in [2.05, 4.69) is 20.2 Å². The number of carbonyl (C=O) groups is 1. The molecule has 2 heterocycles. The van der Waals surface area contributed by atoms with Crippen LogP contribution in [0.3, 0.4) is 0 Å². The van der Waals surface area contributed by atoms with Gasteiger partial charge in [0.15, 0.2) is 14.6 Å². The Morgan fingerprint density at radius 2 is 1.88 bits per heavy atom. The summed E-state index contributed by atoms with van der Waals surface area (Å²) in [5.74, 6) is -0.463. The molecule has 1 saturated heterocycles. The van der Waals surface area contributed by atoms with E-state index in [1.165, 1.54) is 11.5 Å². The molecule has 1 aliphatic heterocycles. The largest absolute Gasteiger partial charge is 0.325 e. The SMILES string of the molecule is CS(=O)(=O)C1(C(=O)Nc2ccc(-c3csnn3)cc2)CCNCC1.Cl. The quantitative estimate of drug-likeness (QED) is 0.807. The maximum absolute atomic E-state index is 12.7. The molecule has 10 heteroatoms. The first-order chi connectivity index (χ1) is 11.4. The molecule has 1 aromatic heterocycles. The van der Waals surface area contributed by atoms with Crippen molar-refractivity contribution in [2.75, 3.05) is 24.7 Å². The number of anilines is 1. The number of hydrogen-bond donors (Lipinski definition) is 2. The normalized spacial score (nSPS) is 16.7. The van der Waals surface area contributed by atoms with Crippen molar-refractivity contribution >= 4 is 45.4 Å². The minimum absolute atomic E-state index is 0. The predicted molar refractivity (Wildman–Crippen MR) is 101 cm³/mol. The first-order valence-corrected chi connectivity index (χ1v) is 10.2. The van der Waals surface area contributed by atoms with Crippen LogP contribution < -0.4 is 10.6 Å². The highest BCUT2D eigenvalue weighted by atomic mass is 35.5. The molecular formula is C15H19ClN4O3S2. The Hall–Kier alpha value is -1.55. The fourth-order valence-electron chi connectivity index (χ4n) is 2.86. The summed E-state index contributed by atoms with van der Waals surface area (Å²) in [6.45, 7) is 1.02. The maximum atomic E-state index is 12.7. The molecule has 25 heavy (non-hydrogen) atoms. The van der Waals surface area contributed by atoms with Gasteiger partial charge in [-0.1, -0.05) is 16.6 Å². The second kappa shape index (κ2) is 7.77. The van der Waals surface area contributed by atoms with Crippen LogP contribution in [0, 0.1) is 0 Å². The van der Waals surface area contributed by atoms with Crippen molar-refractivity contribution in [2.45, 2.75) is 17.6 Å². The molecule has 0 bridgehead atoms. The van der Waals surface area contributed by atoms with Crippen LogP contribution in [-0.2, 0) is 14.6 Å². The first kappa shape index (κ1) is 19.8. The van der Waals surface area contributed by atoms with Crippen LogP contribution >= 0.6 is 23.9 Å². The molecule has 1 amide bonds. The van der Waals surface area contributed by atoms with E-state index >= 15 is 0 Å².